The lowest BCUT2D eigenvalue weighted by Gasteiger charge is -2.40. The Hall–Kier alpha value is -3.16. The smallest absolute Gasteiger partial charge is 0.496 e. The van der Waals surface area contributed by atoms with Crippen molar-refractivity contribution >= 4 is 12.1 Å². The van der Waals surface area contributed by atoms with E-state index >= 15 is 0 Å². The minimum atomic E-state index is -1.41. The van der Waals surface area contributed by atoms with Crippen LogP contribution in [-0.2, 0) is 10.2 Å². The fraction of sp³-hybridized carbons (Fsp3) is 0.538. The van der Waals surface area contributed by atoms with Crippen molar-refractivity contribution in [2.75, 3.05) is 7.11 Å². The third kappa shape index (κ3) is 5.00. The summed E-state index contributed by atoms with van der Waals surface area (Å²) in [5, 5.41) is 9.67. The fourth-order valence-electron chi connectivity index (χ4n) is 5.08. The molecule has 0 radical (unpaired) electrons. The maximum Gasteiger partial charge on any atom is 0.507 e. The number of carboxylic acid groups (broad SMARTS) is 1. The van der Waals surface area contributed by atoms with Crippen LogP contribution in [0.15, 0.2) is 36.8 Å². The third-order valence-corrected chi connectivity index (χ3v) is 6.41. The number of nitrogens with zero attached hydrogens (tertiary/aromatic N) is 3. The first kappa shape index (κ1) is 25.5. The van der Waals surface area contributed by atoms with Crippen LogP contribution >= 0.6 is 0 Å². The van der Waals surface area contributed by atoms with Crippen molar-refractivity contribution in [2.24, 2.45) is 5.92 Å². The van der Waals surface area contributed by atoms with Gasteiger partial charge in [0.05, 0.1) is 12.8 Å². The number of aromatic nitrogens is 2. The molecule has 2 heterocycles. The first-order valence-corrected chi connectivity index (χ1v) is 11.6. The van der Waals surface area contributed by atoms with E-state index in [1.54, 1.807) is 42.7 Å². The zero-order chi connectivity index (χ0) is 25.3. The van der Waals surface area contributed by atoms with Crippen LogP contribution in [0.4, 0.5) is 4.79 Å². The van der Waals surface area contributed by atoms with Crippen LogP contribution in [-0.4, -0.2) is 50.9 Å². The van der Waals surface area contributed by atoms with E-state index in [0.29, 0.717) is 29.8 Å². The zero-order valence-corrected chi connectivity index (χ0v) is 21.0. The lowest BCUT2D eigenvalue weighted by atomic mass is 9.85. The van der Waals surface area contributed by atoms with Gasteiger partial charge >= 0.3 is 6.16 Å². The Bertz CT molecular complexity index is 1030. The maximum atomic E-state index is 14.0. The van der Waals surface area contributed by atoms with Gasteiger partial charge in [-0.2, -0.15) is 0 Å². The van der Waals surface area contributed by atoms with E-state index < -0.39 is 11.9 Å². The van der Waals surface area contributed by atoms with E-state index in [4.69, 9.17) is 9.47 Å². The second-order valence-electron chi connectivity index (χ2n) is 10.4. The summed E-state index contributed by atoms with van der Waals surface area (Å²) < 4.78 is 11.2. The lowest BCUT2D eigenvalue weighted by Crippen LogP contribution is -2.53. The molecule has 0 aliphatic carbocycles. The molecule has 3 atom stereocenters. The molecule has 1 aromatic carbocycles. The van der Waals surface area contributed by atoms with Crippen LogP contribution in [0.3, 0.4) is 0 Å². The molecule has 34 heavy (non-hydrogen) atoms. The monoisotopic (exact) mass is 469 g/mol. The molecule has 0 bridgehead atoms. The molecule has 3 rings (SSSR count). The number of carbonyl (C=O) groups is 2. The molecule has 1 fully saturated rings. The molecule has 1 aliphatic heterocycles. The van der Waals surface area contributed by atoms with E-state index in [0.717, 1.165) is 5.56 Å². The zero-order valence-electron chi connectivity index (χ0n) is 21.0. The van der Waals surface area contributed by atoms with Gasteiger partial charge in [0.1, 0.15) is 5.75 Å². The molecule has 8 heteroatoms. The minimum absolute atomic E-state index is 0.0836. The minimum Gasteiger partial charge on any atom is -0.496 e. The van der Waals surface area contributed by atoms with Gasteiger partial charge in [0, 0.05) is 49.0 Å². The van der Waals surface area contributed by atoms with Crippen LogP contribution in [0.5, 0.6) is 5.75 Å². The first-order chi connectivity index (χ1) is 15.9. The van der Waals surface area contributed by atoms with Crippen LogP contribution in [0, 0.1) is 5.92 Å². The quantitative estimate of drug-likeness (QED) is 0.577. The van der Waals surface area contributed by atoms with Crippen molar-refractivity contribution in [1.82, 2.24) is 14.9 Å². The molecular formula is C26H35N3O5. The first-order valence-electron chi connectivity index (χ1n) is 11.6. The van der Waals surface area contributed by atoms with Gasteiger partial charge < -0.3 is 14.6 Å². The van der Waals surface area contributed by atoms with E-state index in [9.17, 15) is 14.7 Å². The summed E-state index contributed by atoms with van der Waals surface area (Å²) in [6, 6.07) is 5.03. The Morgan fingerprint density at radius 3 is 2.50 bits per heavy atom. The number of methoxy groups -OCH3 is 1. The van der Waals surface area contributed by atoms with Crippen molar-refractivity contribution in [3.8, 4) is 5.75 Å². The normalized spacial score (nSPS) is 22.6. The molecule has 1 aliphatic rings. The van der Waals surface area contributed by atoms with Gasteiger partial charge in [-0.3, -0.25) is 19.7 Å². The third-order valence-electron chi connectivity index (χ3n) is 6.41. The Morgan fingerprint density at radius 2 is 1.97 bits per heavy atom. The summed E-state index contributed by atoms with van der Waals surface area (Å²) in [6.45, 7) is 12.1. The fourth-order valence-corrected chi connectivity index (χ4v) is 5.08. The Balaban J connectivity index is 2.12. The van der Waals surface area contributed by atoms with Crippen molar-refractivity contribution in [2.45, 2.75) is 77.5 Å². The Labute approximate surface area is 201 Å². The number of carbonyl (C=O) groups excluding carboxylic acids is 1. The second kappa shape index (κ2) is 9.60. The number of ether oxygens (including phenoxy) is 2. The van der Waals surface area contributed by atoms with E-state index in [1.807, 2.05) is 26.8 Å². The largest absolute Gasteiger partial charge is 0.507 e. The second-order valence-corrected chi connectivity index (χ2v) is 10.4. The SMILES string of the molecule is COc1cc(C(=O)N2[C@@H](C)[C@@H](c3cnccn3)C[C@]2(CC(C)C)OC(=O)O)ccc1C(C)(C)C. The molecule has 1 aromatic heterocycles. The molecule has 8 nitrogen and oxygen atoms in total. The number of hydrogen-bond acceptors (Lipinski definition) is 6. The van der Waals surface area contributed by atoms with Crippen molar-refractivity contribution in [3.63, 3.8) is 0 Å². The topological polar surface area (TPSA) is 102 Å². The number of hydrogen-bond donors (Lipinski definition) is 1. The van der Waals surface area contributed by atoms with Gasteiger partial charge in [-0.15, -0.1) is 0 Å². The van der Waals surface area contributed by atoms with E-state index in [1.165, 1.54) is 0 Å². The maximum absolute atomic E-state index is 14.0. The Kier molecular flexibility index (Phi) is 7.19. The number of likely N-dealkylation sites (tertiary alicyclic amines) is 1. The van der Waals surface area contributed by atoms with E-state index in [2.05, 4.69) is 30.7 Å². The molecule has 184 valence electrons. The van der Waals surface area contributed by atoms with Crippen LogP contribution in [0.25, 0.3) is 0 Å². The van der Waals surface area contributed by atoms with Crippen LogP contribution in [0.1, 0.15) is 81.9 Å². The highest BCUT2D eigenvalue weighted by molar-refractivity contribution is 5.96. The summed E-state index contributed by atoms with van der Waals surface area (Å²) in [6.07, 6.45) is 4.11. The number of amides is 1. The van der Waals surface area contributed by atoms with Gasteiger partial charge in [-0.1, -0.05) is 40.7 Å². The molecule has 1 amide bonds. The van der Waals surface area contributed by atoms with Crippen LogP contribution in [0.2, 0.25) is 0 Å². The molecular weight excluding hydrogens is 434 g/mol. The number of rotatable bonds is 6. The average Bonchev–Trinajstić information content (AvgIpc) is 3.02. The highest BCUT2D eigenvalue weighted by atomic mass is 16.7. The van der Waals surface area contributed by atoms with Crippen molar-refractivity contribution in [1.29, 1.82) is 0 Å². The van der Waals surface area contributed by atoms with E-state index in [-0.39, 0.29) is 29.2 Å². The highest BCUT2D eigenvalue weighted by Gasteiger charge is 2.56. The predicted molar refractivity (Wildman–Crippen MR) is 128 cm³/mol. The van der Waals surface area contributed by atoms with Gasteiger partial charge in [0.25, 0.3) is 5.91 Å². The summed E-state index contributed by atoms with van der Waals surface area (Å²) in [5.74, 6) is 0.163. The average molecular weight is 470 g/mol. The number of benzene rings is 1. The molecule has 1 N–H and O–H groups in total. The molecule has 0 unspecified atom stereocenters. The summed E-state index contributed by atoms with van der Waals surface area (Å²) in [4.78, 5) is 36.1. The predicted octanol–water partition coefficient (Wildman–Crippen LogP) is 5.24. The summed E-state index contributed by atoms with van der Waals surface area (Å²) >= 11 is 0. The van der Waals surface area contributed by atoms with Crippen LogP contribution < -0.4 is 4.74 Å². The van der Waals surface area contributed by atoms with Gasteiger partial charge in [-0.25, -0.2) is 4.79 Å². The lowest BCUT2D eigenvalue weighted by molar-refractivity contribution is -0.106. The molecule has 0 saturated carbocycles. The van der Waals surface area contributed by atoms with Gasteiger partial charge in [0.2, 0.25) is 0 Å². The Morgan fingerprint density at radius 1 is 1.26 bits per heavy atom. The molecule has 1 saturated heterocycles. The molecule has 2 aromatic rings. The highest BCUT2D eigenvalue weighted by Crippen LogP contribution is 2.48. The molecule has 0 spiro atoms. The van der Waals surface area contributed by atoms with Crippen molar-refractivity contribution in [3.05, 3.63) is 53.6 Å². The van der Waals surface area contributed by atoms with Crippen molar-refractivity contribution < 1.29 is 24.2 Å². The van der Waals surface area contributed by atoms with Gasteiger partial charge in [-0.05, 0) is 36.0 Å². The summed E-state index contributed by atoms with van der Waals surface area (Å²) in [5.41, 5.74) is 0.605. The standard InChI is InChI=1S/C26H35N3O5/c1-16(2)13-26(34-24(31)32)14-19(21-15-27-10-11-28-21)17(3)29(26)23(30)18-8-9-20(25(4,5)6)22(12-18)33-7/h8-12,15-17,19H,13-14H2,1-7H3,(H,31,32)/t17-,19-,26-/m0/s1. The summed E-state index contributed by atoms with van der Waals surface area (Å²) in [7, 11) is 1.58. The van der Waals surface area contributed by atoms with Gasteiger partial charge in [0.15, 0.2) is 5.72 Å².